The zero-order valence-corrected chi connectivity index (χ0v) is 13.3. The molecule has 0 saturated heterocycles. The van der Waals surface area contributed by atoms with Crippen LogP contribution in [0.15, 0.2) is 40.9 Å². The minimum atomic E-state index is -0.770. The van der Waals surface area contributed by atoms with Crippen molar-refractivity contribution in [3.8, 4) is 11.5 Å². The average Bonchev–Trinajstić information content (AvgIpc) is 2.45. The van der Waals surface area contributed by atoms with Crippen molar-refractivity contribution in [2.75, 3.05) is 13.2 Å². The van der Waals surface area contributed by atoms with E-state index in [-0.39, 0.29) is 19.1 Å². The molecule has 21 heavy (non-hydrogen) atoms. The fourth-order valence-corrected chi connectivity index (χ4v) is 2.22. The molecule has 2 aromatic carbocycles. The van der Waals surface area contributed by atoms with Crippen LogP contribution in [0, 0.1) is 11.6 Å². The van der Waals surface area contributed by atoms with Crippen molar-refractivity contribution in [3.05, 3.63) is 58.1 Å². The maximum atomic E-state index is 13.6. The van der Waals surface area contributed by atoms with Crippen LogP contribution >= 0.6 is 27.5 Å². The van der Waals surface area contributed by atoms with Gasteiger partial charge >= 0.3 is 0 Å². The fourth-order valence-electron chi connectivity index (χ4n) is 1.69. The van der Waals surface area contributed by atoms with Crippen LogP contribution < -0.4 is 9.47 Å². The zero-order valence-electron chi connectivity index (χ0n) is 10.9. The topological polar surface area (TPSA) is 18.5 Å². The molecule has 0 amide bonds. The van der Waals surface area contributed by atoms with Gasteiger partial charge in [0.1, 0.15) is 19.0 Å². The lowest BCUT2D eigenvalue weighted by molar-refractivity contribution is 0.205. The van der Waals surface area contributed by atoms with Crippen LogP contribution in [0.5, 0.6) is 11.5 Å². The predicted molar refractivity (Wildman–Crippen MR) is 81.0 cm³/mol. The molecule has 0 fully saturated rings. The number of ether oxygens (including phenoxy) is 2. The number of hydrogen-bond donors (Lipinski definition) is 0. The molecule has 2 rings (SSSR count). The minimum absolute atomic E-state index is 0.0283. The van der Waals surface area contributed by atoms with E-state index < -0.39 is 17.4 Å². The van der Waals surface area contributed by atoms with Gasteiger partial charge in [-0.05, 0) is 35.9 Å². The van der Waals surface area contributed by atoms with Gasteiger partial charge in [0.25, 0.3) is 0 Å². The monoisotopic (exact) mass is 376 g/mol. The molecular weight excluding hydrogens is 366 g/mol. The Labute approximate surface area is 134 Å². The highest BCUT2D eigenvalue weighted by Gasteiger charge is 2.12. The van der Waals surface area contributed by atoms with Gasteiger partial charge in [0.05, 0.1) is 0 Å². The Bertz CT molecular complexity index is 599. The van der Waals surface area contributed by atoms with Crippen molar-refractivity contribution in [2.45, 2.75) is 5.88 Å². The summed E-state index contributed by atoms with van der Waals surface area (Å²) >= 11 is 8.85. The predicted octanol–water partition coefficient (Wildman–Crippen LogP) is 4.92. The first-order valence-corrected chi connectivity index (χ1v) is 7.48. The third kappa shape index (κ3) is 4.58. The van der Waals surface area contributed by atoms with Crippen molar-refractivity contribution in [3.63, 3.8) is 0 Å². The molecule has 6 heteroatoms. The van der Waals surface area contributed by atoms with E-state index >= 15 is 0 Å². The number of hydrogen-bond acceptors (Lipinski definition) is 2. The second kappa shape index (κ2) is 7.61. The van der Waals surface area contributed by atoms with Gasteiger partial charge < -0.3 is 9.47 Å². The highest BCUT2D eigenvalue weighted by Crippen LogP contribution is 2.24. The third-order valence-electron chi connectivity index (χ3n) is 2.61. The van der Waals surface area contributed by atoms with Crippen molar-refractivity contribution in [2.24, 2.45) is 0 Å². The summed E-state index contributed by atoms with van der Waals surface area (Å²) in [5.41, 5.74) is 0.365. The summed E-state index contributed by atoms with van der Waals surface area (Å²) in [6.45, 7) is 0.202. The molecule has 0 aliphatic carbocycles. The van der Waals surface area contributed by atoms with E-state index in [1.807, 2.05) is 12.1 Å². The quantitative estimate of drug-likeness (QED) is 0.525. The lowest BCUT2D eigenvalue weighted by atomic mass is 10.2. The average molecular weight is 378 g/mol. The van der Waals surface area contributed by atoms with Gasteiger partial charge in [-0.25, -0.2) is 8.78 Å². The molecule has 0 aliphatic heterocycles. The molecule has 0 atom stereocenters. The zero-order chi connectivity index (χ0) is 15.2. The normalized spacial score (nSPS) is 10.5. The van der Waals surface area contributed by atoms with Crippen LogP contribution in [-0.2, 0) is 5.88 Å². The van der Waals surface area contributed by atoms with Gasteiger partial charge in [0, 0.05) is 10.4 Å². The molecular formula is C15H12BrClF2O2. The molecule has 0 spiro atoms. The van der Waals surface area contributed by atoms with E-state index in [9.17, 15) is 8.78 Å². The summed E-state index contributed by atoms with van der Waals surface area (Å²) in [7, 11) is 0. The molecule has 0 saturated carbocycles. The SMILES string of the molecule is Fc1cc(CCl)cc(F)c1OCCOc1cccc(Br)c1. The first kappa shape index (κ1) is 16.0. The third-order valence-corrected chi connectivity index (χ3v) is 3.41. The van der Waals surface area contributed by atoms with Crippen LogP contribution in [-0.4, -0.2) is 13.2 Å². The van der Waals surface area contributed by atoms with Gasteiger partial charge in [-0.3, -0.25) is 0 Å². The fraction of sp³-hybridized carbons (Fsp3) is 0.200. The van der Waals surface area contributed by atoms with Gasteiger partial charge in [0.15, 0.2) is 17.4 Å². The molecule has 0 aromatic heterocycles. The standard InChI is InChI=1S/C15H12BrClF2O2/c16-11-2-1-3-12(8-11)20-4-5-21-15-13(18)6-10(9-17)7-14(15)19/h1-3,6-8H,4-5,9H2. The van der Waals surface area contributed by atoms with Crippen molar-refractivity contribution >= 4 is 27.5 Å². The van der Waals surface area contributed by atoms with E-state index in [4.69, 9.17) is 21.1 Å². The van der Waals surface area contributed by atoms with Gasteiger partial charge in [-0.2, -0.15) is 0 Å². The Morgan fingerprint density at radius 2 is 1.67 bits per heavy atom. The van der Waals surface area contributed by atoms with E-state index in [1.54, 1.807) is 12.1 Å². The van der Waals surface area contributed by atoms with Crippen LogP contribution in [0.25, 0.3) is 0 Å². The minimum Gasteiger partial charge on any atom is -0.490 e. The van der Waals surface area contributed by atoms with Crippen LogP contribution in [0.3, 0.4) is 0 Å². The number of halogens is 4. The maximum absolute atomic E-state index is 13.6. The van der Waals surface area contributed by atoms with E-state index in [1.165, 1.54) is 0 Å². The van der Waals surface area contributed by atoms with Gasteiger partial charge in [0.2, 0.25) is 0 Å². The molecule has 0 bridgehead atoms. The summed E-state index contributed by atoms with van der Waals surface area (Å²) in [6, 6.07) is 9.57. The molecule has 0 radical (unpaired) electrons. The molecule has 0 heterocycles. The Balaban J connectivity index is 1.89. The largest absolute Gasteiger partial charge is 0.490 e. The molecule has 0 aliphatic rings. The van der Waals surface area contributed by atoms with E-state index in [0.717, 1.165) is 16.6 Å². The molecule has 2 nitrogen and oxygen atoms in total. The van der Waals surface area contributed by atoms with E-state index in [0.29, 0.717) is 11.3 Å². The van der Waals surface area contributed by atoms with Gasteiger partial charge in [-0.1, -0.05) is 22.0 Å². The Hall–Kier alpha value is -1.33. The Kier molecular flexibility index (Phi) is 5.82. The number of benzene rings is 2. The second-order valence-corrected chi connectivity index (χ2v) is 5.36. The lowest BCUT2D eigenvalue weighted by Crippen LogP contribution is -2.11. The van der Waals surface area contributed by atoms with E-state index in [2.05, 4.69) is 15.9 Å². The van der Waals surface area contributed by atoms with Gasteiger partial charge in [-0.15, -0.1) is 11.6 Å². The Morgan fingerprint density at radius 1 is 1.00 bits per heavy atom. The van der Waals surface area contributed by atoms with Crippen molar-refractivity contribution in [1.82, 2.24) is 0 Å². The van der Waals surface area contributed by atoms with Crippen LogP contribution in [0.1, 0.15) is 5.56 Å². The van der Waals surface area contributed by atoms with Crippen molar-refractivity contribution < 1.29 is 18.3 Å². The first-order chi connectivity index (χ1) is 10.1. The van der Waals surface area contributed by atoms with Crippen LogP contribution in [0.4, 0.5) is 8.78 Å². The lowest BCUT2D eigenvalue weighted by Gasteiger charge is -2.10. The summed E-state index contributed by atoms with van der Waals surface area (Å²) in [5.74, 6) is -1.27. The van der Waals surface area contributed by atoms with Crippen LogP contribution in [0.2, 0.25) is 0 Å². The second-order valence-electron chi connectivity index (χ2n) is 4.18. The molecule has 2 aromatic rings. The molecule has 112 valence electrons. The summed E-state index contributed by atoms with van der Waals surface area (Å²) < 4.78 is 38.6. The maximum Gasteiger partial charge on any atom is 0.190 e. The number of alkyl halides is 1. The number of rotatable bonds is 6. The highest BCUT2D eigenvalue weighted by molar-refractivity contribution is 9.10. The summed E-state index contributed by atoms with van der Waals surface area (Å²) in [4.78, 5) is 0. The summed E-state index contributed by atoms with van der Waals surface area (Å²) in [5, 5.41) is 0. The van der Waals surface area contributed by atoms with Crippen molar-refractivity contribution in [1.29, 1.82) is 0 Å². The highest BCUT2D eigenvalue weighted by atomic mass is 79.9. The summed E-state index contributed by atoms with van der Waals surface area (Å²) in [6.07, 6.45) is 0. The smallest absolute Gasteiger partial charge is 0.190 e. The Morgan fingerprint density at radius 3 is 2.29 bits per heavy atom. The first-order valence-electron chi connectivity index (χ1n) is 6.15. The molecule has 0 N–H and O–H groups in total. The molecule has 0 unspecified atom stereocenters.